The van der Waals surface area contributed by atoms with Crippen LogP contribution in [0.2, 0.25) is 10.0 Å². The van der Waals surface area contributed by atoms with Crippen LogP contribution in [0.5, 0.6) is 5.75 Å². The number of aromatic nitrogens is 1. The van der Waals surface area contributed by atoms with Gasteiger partial charge in [0.15, 0.2) is 0 Å². The Balaban J connectivity index is 1.56. The minimum Gasteiger partial charge on any atom is -0.481 e. The zero-order valence-electron chi connectivity index (χ0n) is 14.9. The van der Waals surface area contributed by atoms with E-state index in [1.165, 1.54) is 12.1 Å². The lowest BCUT2D eigenvalue weighted by Gasteiger charge is -2.08. The Hall–Kier alpha value is -2.30. The molecular formula is C20H16Cl2N2O3S. The van der Waals surface area contributed by atoms with Gasteiger partial charge in [0.25, 0.3) is 0 Å². The maximum absolute atomic E-state index is 12.4. The fourth-order valence-electron chi connectivity index (χ4n) is 2.41. The second kappa shape index (κ2) is 8.80. The number of halogens is 2. The lowest BCUT2D eigenvalue weighted by Crippen LogP contribution is -2.24. The summed E-state index contributed by atoms with van der Waals surface area (Å²) in [6, 6.07) is 12.2. The molecule has 5 nitrogen and oxygen atoms in total. The van der Waals surface area contributed by atoms with Crippen LogP contribution in [0.25, 0.3) is 10.9 Å². The van der Waals surface area contributed by atoms with Crippen LogP contribution in [0.15, 0.2) is 53.6 Å². The Bertz CT molecular complexity index is 1190. The van der Waals surface area contributed by atoms with Crippen molar-refractivity contribution in [3.8, 4) is 17.6 Å². The first kappa shape index (κ1) is 20.4. The maximum atomic E-state index is 12.4. The van der Waals surface area contributed by atoms with Crippen molar-refractivity contribution in [3.63, 3.8) is 0 Å². The average Bonchev–Trinajstić information content (AvgIpc) is 2.67. The van der Waals surface area contributed by atoms with Gasteiger partial charge in [-0.25, -0.2) is 8.42 Å². The van der Waals surface area contributed by atoms with Crippen LogP contribution in [0, 0.1) is 18.8 Å². The van der Waals surface area contributed by atoms with Crippen molar-refractivity contribution in [1.29, 1.82) is 0 Å². The number of ether oxygens (including phenoxy) is 1. The third-order valence-corrected chi connectivity index (χ3v) is 6.14. The molecule has 2 aromatic carbocycles. The molecule has 0 spiro atoms. The van der Waals surface area contributed by atoms with Crippen molar-refractivity contribution in [2.45, 2.75) is 11.8 Å². The van der Waals surface area contributed by atoms with Crippen molar-refractivity contribution < 1.29 is 13.2 Å². The van der Waals surface area contributed by atoms with Crippen molar-refractivity contribution in [2.24, 2.45) is 0 Å². The molecule has 3 aromatic rings. The summed E-state index contributed by atoms with van der Waals surface area (Å²) in [4.78, 5) is 4.23. The first-order valence-corrected chi connectivity index (χ1v) is 10.5. The van der Waals surface area contributed by atoms with Crippen LogP contribution in [0.4, 0.5) is 0 Å². The van der Waals surface area contributed by atoms with E-state index in [0.29, 0.717) is 16.3 Å². The molecule has 0 radical (unpaired) electrons. The first-order valence-electron chi connectivity index (χ1n) is 8.25. The number of rotatable bonds is 5. The first-order chi connectivity index (χ1) is 13.4. The molecule has 0 aliphatic rings. The molecule has 1 aromatic heterocycles. The normalized spacial score (nSPS) is 11.1. The lowest BCUT2D eigenvalue weighted by atomic mass is 10.2. The minimum absolute atomic E-state index is 0.0298. The van der Waals surface area contributed by atoms with Gasteiger partial charge in [-0.15, -0.1) is 0 Å². The largest absolute Gasteiger partial charge is 0.481 e. The number of hydrogen-bond donors (Lipinski definition) is 1. The number of sulfonamides is 1. The molecule has 0 aliphatic heterocycles. The second-order valence-electron chi connectivity index (χ2n) is 5.86. The Morgan fingerprint density at radius 1 is 1.11 bits per heavy atom. The summed E-state index contributed by atoms with van der Waals surface area (Å²) in [5.41, 5.74) is 1.45. The summed E-state index contributed by atoms with van der Waals surface area (Å²) < 4.78 is 32.6. The molecule has 0 bridgehead atoms. The molecule has 0 fully saturated rings. The molecule has 0 aliphatic carbocycles. The van der Waals surface area contributed by atoms with Crippen LogP contribution < -0.4 is 9.46 Å². The zero-order chi connectivity index (χ0) is 20.1. The van der Waals surface area contributed by atoms with E-state index in [-0.39, 0.29) is 23.1 Å². The smallest absolute Gasteiger partial charge is 0.242 e. The molecular weight excluding hydrogens is 419 g/mol. The summed E-state index contributed by atoms with van der Waals surface area (Å²) >= 11 is 11.9. The van der Waals surface area contributed by atoms with Crippen molar-refractivity contribution in [1.82, 2.24) is 9.71 Å². The maximum Gasteiger partial charge on any atom is 0.242 e. The summed E-state index contributed by atoms with van der Waals surface area (Å²) in [5.74, 6) is 6.12. The van der Waals surface area contributed by atoms with Gasteiger partial charge in [0.1, 0.15) is 17.3 Å². The van der Waals surface area contributed by atoms with Crippen molar-refractivity contribution in [3.05, 3.63) is 64.3 Å². The van der Waals surface area contributed by atoms with Crippen LogP contribution >= 0.6 is 23.2 Å². The quantitative estimate of drug-likeness (QED) is 0.610. The van der Waals surface area contributed by atoms with Gasteiger partial charge in [0.05, 0.1) is 17.1 Å². The molecule has 8 heteroatoms. The Morgan fingerprint density at radius 3 is 2.75 bits per heavy atom. The van der Waals surface area contributed by atoms with Crippen LogP contribution in [0.3, 0.4) is 0 Å². The van der Waals surface area contributed by atoms with Crippen molar-refractivity contribution >= 4 is 44.1 Å². The number of nitrogens with zero attached hydrogens (tertiary/aromatic N) is 1. The summed E-state index contributed by atoms with van der Waals surface area (Å²) in [7, 11) is -3.79. The predicted octanol–water partition coefficient (Wildman–Crippen LogP) is 4.21. The van der Waals surface area contributed by atoms with Crippen LogP contribution in [-0.2, 0) is 10.0 Å². The molecule has 28 heavy (non-hydrogen) atoms. The van der Waals surface area contributed by atoms with Gasteiger partial charge in [0.2, 0.25) is 10.0 Å². The van der Waals surface area contributed by atoms with E-state index in [1.807, 2.05) is 30.3 Å². The number of nitrogens with one attached hydrogen (secondary N) is 1. The molecule has 1 heterocycles. The number of aryl methyl sites for hydroxylation is 1. The highest BCUT2D eigenvalue weighted by Gasteiger charge is 2.18. The molecule has 0 saturated heterocycles. The number of fused-ring (bicyclic) bond motifs is 1. The van der Waals surface area contributed by atoms with Crippen molar-refractivity contribution in [2.75, 3.05) is 13.2 Å². The molecule has 144 valence electrons. The highest BCUT2D eigenvalue weighted by atomic mass is 35.5. The molecule has 0 unspecified atom stereocenters. The van der Waals surface area contributed by atoms with E-state index in [1.54, 1.807) is 13.1 Å². The van der Waals surface area contributed by atoms with Crippen LogP contribution in [0.1, 0.15) is 5.56 Å². The van der Waals surface area contributed by atoms with E-state index >= 15 is 0 Å². The van der Waals surface area contributed by atoms with Gasteiger partial charge in [-0.2, -0.15) is 4.72 Å². The van der Waals surface area contributed by atoms with Gasteiger partial charge >= 0.3 is 0 Å². The topological polar surface area (TPSA) is 68.3 Å². The Morgan fingerprint density at radius 2 is 1.93 bits per heavy atom. The van der Waals surface area contributed by atoms with Gasteiger partial charge < -0.3 is 4.74 Å². The molecule has 0 saturated carbocycles. The van der Waals surface area contributed by atoms with Gasteiger partial charge in [-0.3, -0.25) is 4.98 Å². The highest BCUT2D eigenvalue weighted by Crippen LogP contribution is 2.27. The third-order valence-electron chi connectivity index (χ3n) is 3.87. The predicted molar refractivity (Wildman–Crippen MR) is 111 cm³/mol. The summed E-state index contributed by atoms with van der Waals surface area (Å²) in [6.07, 6.45) is 1.71. The molecule has 1 N–H and O–H groups in total. The van der Waals surface area contributed by atoms with Gasteiger partial charge in [-0.05, 0) is 42.8 Å². The average molecular weight is 435 g/mol. The van der Waals surface area contributed by atoms with Gasteiger partial charge in [0, 0.05) is 22.7 Å². The summed E-state index contributed by atoms with van der Waals surface area (Å²) in [5, 5.41) is 1.49. The van der Waals surface area contributed by atoms with E-state index in [4.69, 9.17) is 27.9 Å². The van der Waals surface area contributed by atoms with E-state index in [9.17, 15) is 8.42 Å². The zero-order valence-corrected chi connectivity index (χ0v) is 17.2. The van der Waals surface area contributed by atoms with E-state index in [2.05, 4.69) is 21.5 Å². The third kappa shape index (κ3) is 4.94. The van der Waals surface area contributed by atoms with E-state index in [0.717, 1.165) is 10.9 Å². The number of benzene rings is 2. The SMILES string of the molecule is Cc1cc(S(=O)(=O)NCC#CCOc2ccc3cccnc3c2)c(Cl)cc1Cl. The Labute approximate surface area is 173 Å². The second-order valence-corrected chi connectivity index (χ2v) is 8.41. The molecule has 0 amide bonds. The molecule has 0 atom stereocenters. The summed E-state index contributed by atoms with van der Waals surface area (Å²) in [6.45, 7) is 1.76. The minimum atomic E-state index is -3.79. The fraction of sp³-hybridized carbons (Fsp3) is 0.150. The number of hydrogen-bond acceptors (Lipinski definition) is 4. The lowest BCUT2D eigenvalue weighted by molar-refractivity contribution is 0.370. The molecule has 3 rings (SSSR count). The standard InChI is InChI=1S/C20H16Cl2N2O3S/c1-14-11-20(18(22)13-17(14)21)28(25,26)24-9-2-3-10-27-16-7-6-15-5-4-8-23-19(15)12-16/h4-8,11-13,24H,9-10H2,1H3. The fourth-order valence-corrected chi connectivity index (χ4v) is 4.17. The Kier molecular flexibility index (Phi) is 6.42. The highest BCUT2D eigenvalue weighted by molar-refractivity contribution is 7.89. The van der Waals surface area contributed by atoms with E-state index < -0.39 is 10.0 Å². The van der Waals surface area contributed by atoms with Gasteiger partial charge in [-0.1, -0.05) is 41.1 Å². The monoisotopic (exact) mass is 434 g/mol. The number of pyridine rings is 1. The van der Waals surface area contributed by atoms with Crippen LogP contribution in [-0.4, -0.2) is 26.6 Å².